The highest BCUT2D eigenvalue weighted by molar-refractivity contribution is 5.56. The molecule has 180 valence electrons. The number of anilines is 1. The van der Waals surface area contributed by atoms with Crippen LogP contribution in [0.5, 0.6) is 11.5 Å². The molecule has 0 bridgehead atoms. The number of rotatable bonds is 11. The van der Waals surface area contributed by atoms with E-state index >= 15 is 0 Å². The predicted octanol–water partition coefficient (Wildman–Crippen LogP) is 5.41. The normalized spacial score (nSPS) is 15.7. The second kappa shape index (κ2) is 12.4. The zero-order valence-corrected chi connectivity index (χ0v) is 20.1. The molecule has 3 aromatic carbocycles. The average molecular weight is 460 g/mol. The van der Waals surface area contributed by atoms with Gasteiger partial charge in [0.1, 0.15) is 17.6 Å². The molecular formula is C29H37N3O2. The van der Waals surface area contributed by atoms with Crippen LogP contribution in [0.4, 0.5) is 5.69 Å². The Bertz CT molecular complexity index is 1000. The van der Waals surface area contributed by atoms with Crippen molar-refractivity contribution in [2.45, 2.75) is 31.3 Å². The lowest BCUT2D eigenvalue weighted by atomic mass is 9.89. The number of nitrogens with one attached hydrogen (secondary N) is 2. The van der Waals surface area contributed by atoms with Crippen molar-refractivity contribution in [2.75, 3.05) is 45.1 Å². The minimum atomic E-state index is 0.00745. The molecule has 0 aromatic heterocycles. The maximum absolute atomic E-state index is 9.77. The van der Waals surface area contributed by atoms with Gasteiger partial charge < -0.3 is 25.4 Å². The Morgan fingerprint density at radius 3 is 2.47 bits per heavy atom. The number of hydrogen-bond donors (Lipinski definition) is 3. The van der Waals surface area contributed by atoms with Crippen LogP contribution in [0.2, 0.25) is 0 Å². The van der Waals surface area contributed by atoms with Crippen LogP contribution in [0.25, 0.3) is 0 Å². The molecule has 1 unspecified atom stereocenters. The fourth-order valence-corrected chi connectivity index (χ4v) is 4.72. The Kier molecular flexibility index (Phi) is 8.83. The Morgan fingerprint density at radius 2 is 1.71 bits per heavy atom. The number of benzene rings is 3. The maximum atomic E-state index is 9.77. The van der Waals surface area contributed by atoms with Gasteiger partial charge in [0.25, 0.3) is 0 Å². The number of ether oxygens (including phenoxy) is 1. The third-order valence-electron chi connectivity index (χ3n) is 6.66. The molecule has 1 atom stereocenters. The zero-order chi connectivity index (χ0) is 23.6. The fraction of sp³-hybridized carbons (Fsp3) is 0.379. The average Bonchev–Trinajstić information content (AvgIpc) is 2.88. The molecule has 0 saturated carbocycles. The van der Waals surface area contributed by atoms with Crippen LogP contribution < -0.4 is 15.4 Å². The molecule has 0 aliphatic carbocycles. The van der Waals surface area contributed by atoms with Crippen molar-refractivity contribution in [3.63, 3.8) is 0 Å². The standard InChI is InChI=1S/C29H37N3O2/c1-30-17-14-28(24-8-3-2-4-9-24)34-29-13-6-5-12-27(29)31-18-21-32-19-15-23(16-20-32)25-10-7-11-26(33)22-25/h2-13,22-23,28,30-31,33H,14-21H2,1H3. The van der Waals surface area contributed by atoms with Gasteiger partial charge in [0.05, 0.1) is 5.69 Å². The van der Waals surface area contributed by atoms with Crippen molar-refractivity contribution in [1.29, 1.82) is 0 Å². The molecule has 0 amide bonds. The number of phenolic OH excluding ortho intramolecular Hbond substituents is 1. The third-order valence-corrected chi connectivity index (χ3v) is 6.66. The SMILES string of the molecule is CNCCC(Oc1ccccc1NCCN1CCC(c2cccc(O)c2)CC1)c1ccccc1. The van der Waals surface area contributed by atoms with E-state index in [0.717, 1.165) is 63.4 Å². The van der Waals surface area contributed by atoms with Gasteiger partial charge >= 0.3 is 0 Å². The number of phenols is 1. The largest absolute Gasteiger partial charge is 0.508 e. The summed E-state index contributed by atoms with van der Waals surface area (Å²) in [6.07, 6.45) is 3.18. The molecule has 5 nitrogen and oxygen atoms in total. The Hall–Kier alpha value is -3.02. The van der Waals surface area contributed by atoms with Gasteiger partial charge in [-0.25, -0.2) is 0 Å². The first-order valence-corrected chi connectivity index (χ1v) is 12.4. The van der Waals surface area contributed by atoms with Gasteiger partial charge in [0, 0.05) is 19.5 Å². The molecule has 0 spiro atoms. The summed E-state index contributed by atoms with van der Waals surface area (Å²) in [6, 6.07) is 26.4. The van der Waals surface area contributed by atoms with E-state index in [1.807, 2.05) is 31.3 Å². The van der Waals surface area contributed by atoms with Gasteiger partial charge in [-0.2, -0.15) is 0 Å². The quantitative estimate of drug-likeness (QED) is 0.358. The molecule has 34 heavy (non-hydrogen) atoms. The maximum Gasteiger partial charge on any atom is 0.143 e. The second-order valence-corrected chi connectivity index (χ2v) is 9.04. The molecule has 1 heterocycles. The van der Waals surface area contributed by atoms with Crippen LogP contribution in [0.15, 0.2) is 78.9 Å². The fourth-order valence-electron chi connectivity index (χ4n) is 4.72. The Balaban J connectivity index is 1.29. The van der Waals surface area contributed by atoms with E-state index in [4.69, 9.17) is 4.74 Å². The molecular weight excluding hydrogens is 422 g/mol. The molecule has 3 aromatic rings. The predicted molar refractivity (Wildman–Crippen MR) is 140 cm³/mol. The van der Waals surface area contributed by atoms with Crippen LogP contribution in [0, 0.1) is 0 Å². The van der Waals surface area contributed by atoms with E-state index in [1.165, 1.54) is 11.1 Å². The van der Waals surface area contributed by atoms with Gasteiger partial charge in [-0.15, -0.1) is 0 Å². The highest BCUT2D eigenvalue weighted by atomic mass is 16.5. The molecule has 3 N–H and O–H groups in total. The molecule has 1 aliphatic heterocycles. The van der Waals surface area contributed by atoms with Crippen molar-refractivity contribution in [1.82, 2.24) is 10.2 Å². The van der Waals surface area contributed by atoms with Crippen LogP contribution in [0.3, 0.4) is 0 Å². The summed E-state index contributed by atoms with van der Waals surface area (Å²) in [5.74, 6) is 1.80. The highest BCUT2D eigenvalue weighted by Crippen LogP contribution is 2.32. The smallest absolute Gasteiger partial charge is 0.143 e. The molecule has 0 radical (unpaired) electrons. The summed E-state index contributed by atoms with van der Waals surface area (Å²) in [4.78, 5) is 2.52. The first-order chi connectivity index (χ1) is 16.7. The van der Waals surface area contributed by atoms with Crippen LogP contribution in [-0.2, 0) is 0 Å². The van der Waals surface area contributed by atoms with Crippen molar-refractivity contribution in [2.24, 2.45) is 0 Å². The van der Waals surface area contributed by atoms with Crippen molar-refractivity contribution in [3.05, 3.63) is 90.0 Å². The summed E-state index contributed by atoms with van der Waals surface area (Å²) >= 11 is 0. The summed E-state index contributed by atoms with van der Waals surface area (Å²) in [5.41, 5.74) is 3.50. The number of hydrogen-bond acceptors (Lipinski definition) is 5. The van der Waals surface area contributed by atoms with Gasteiger partial charge in [0.2, 0.25) is 0 Å². The number of likely N-dealkylation sites (tertiary alicyclic amines) is 1. The van der Waals surface area contributed by atoms with Crippen LogP contribution >= 0.6 is 0 Å². The Labute approximate surface area is 203 Å². The summed E-state index contributed by atoms with van der Waals surface area (Å²) in [7, 11) is 1.98. The first-order valence-electron chi connectivity index (χ1n) is 12.4. The second-order valence-electron chi connectivity index (χ2n) is 9.04. The minimum Gasteiger partial charge on any atom is -0.508 e. The molecule has 1 saturated heterocycles. The highest BCUT2D eigenvalue weighted by Gasteiger charge is 2.21. The zero-order valence-electron chi connectivity index (χ0n) is 20.1. The van der Waals surface area contributed by atoms with Gasteiger partial charge in [-0.05, 0) is 80.8 Å². The van der Waals surface area contributed by atoms with Crippen LogP contribution in [0.1, 0.15) is 42.4 Å². The molecule has 1 fully saturated rings. The lowest BCUT2D eigenvalue weighted by Gasteiger charge is -2.32. The number of para-hydroxylation sites is 2. The number of piperidine rings is 1. The molecule has 5 heteroatoms. The van der Waals surface area contributed by atoms with E-state index < -0.39 is 0 Å². The topological polar surface area (TPSA) is 56.8 Å². The summed E-state index contributed by atoms with van der Waals surface area (Å²) < 4.78 is 6.51. The minimum absolute atomic E-state index is 0.00745. The number of aromatic hydroxyl groups is 1. The molecule has 1 aliphatic rings. The van der Waals surface area contributed by atoms with Crippen LogP contribution in [-0.4, -0.2) is 49.8 Å². The summed E-state index contributed by atoms with van der Waals surface area (Å²) in [6.45, 7) is 4.95. The van der Waals surface area contributed by atoms with Gasteiger partial charge in [-0.1, -0.05) is 54.6 Å². The summed E-state index contributed by atoms with van der Waals surface area (Å²) in [5, 5.41) is 16.6. The van der Waals surface area contributed by atoms with Crippen molar-refractivity contribution < 1.29 is 9.84 Å². The van der Waals surface area contributed by atoms with Crippen molar-refractivity contribution in [3.8, 4) is 11.5 Å². The van der Waals surface area contributed by atoms with Gasteiger partial charge in [0.15, 0.2) is 0 Å². The Morgan fingerprint density at radius 1 is 0.941 bits per heavy atom. The monoisotopic (exact) mass is 459 g/mol. The van der Waals surface area contributed by atoms with E-state index in [0.29, 0.717) is 11.7 Å². The van der Waals surface area contributed by atoms with Crippen molar-refractivity contribution >= 4 is 5.69 Å². The number of nitrogens with zero attached hydrogens (tertiary/aromatic N) is 1. The lowest BCUT2D eigenvalue weighted by Crippen LogP contribution is -2.36. The van der Waals surface area contributed by atoms with Gasteiger partial charge in [-0.3, -0.25) is 0 Å². The molecule has 4 rings (SSSR count). The van der Waals surface area contributed by atoms with E-state index in [2.05, 4.69) is 64.1 Å². The first kappa shape index (κ1) is 24.1. The van der Waals surface area contributed by atoms with E-state index in [-0.39, 0.29) is 6.10 Å². The lowest BCUT2D eigenvalue weighted by molar-refractivity contribution is 0.196. The van der Waals surface area contributed by atoms with E-state index in [9.17, 15) is 5.11 Å². The third kappa shape index (κ3) is 6.75. The van der Waals surface area contributed by atoms with E-state index in [1.54, 1.807) is 6.07 Å².